The standard InChI is InChI=1S/C22H19N7O4/c1-29-16-8-13-14(23-11-24-20(13)30)9-17(16)33-10-15(22(29)32)25-21(31)19-26-18(27-28-19)7-12-5-3-2-4-6-12/h2-6,8-9,11,15H,7,10H2,1H3,(H,25,31)(H,23,24,30)(H,26,27,28)/t15-/m0/s1. The maximum absolute atomic E-state index is 13.0. The zero-order chi connectivity index (χ0) is 22.9. The van der Waals surface area contributed by atoms with Gasteiger partial charge in [-0.15, -0.1) is 5.10 Å². The SMILES string of the molecule is CN1C(=O)[C@@H](NC(=O)c2n[nH]c(Cc3ccccc3)n2)COc2cc3nc[nH]c(=O)c3cc21. The van der Waals surface area contributed by atoms with Crippen molar-refractivity contribution in [3.63, 3.8) is 0 Å². The van der Waals surface area contributed by atoms with Gasteiger partial charge in [0, 0.05) is 19.5 Å². The summed E-state index contributed by atoms with van der Waals surface area (Å²) < 4.78 is 5.79. The fourth-order valence-electron chi connectivity index (χ4n) is 3.65. The van der Waals surface area contributed by atoms with Gasteiger partial charge in [-0.25, -0.2) is 9.97 Å². The molecule has 11 nitrogen and oxygen atoms in total. The van der Waals surface area contributed by atoms with Gasteiger partial charge in [-0.2, -0.15) is 0 Å². The molecule has 5 rings (SSSR count). The van der Waals surface area contributed by atoms with Gasteiger partial charge in [0.1, 0.15) is 24.2 Å². The Morgan fingerprint density at radius 1 is 1.24 bits per heavy atom. The molecule has 2 amide bonds. The number of H-pyrrole nitrogens is 2. The van der Waals surface area contributed by atoms with E-state index in [-0.39, 0.29) is 18.0 Å². The van der Waals surface area contributed by atoms with Gasteiger partial charge in [-0.3, -0.25) is 19.5 Å². The topological polar surface area (TPSA) is 146 Å². The van der Waals surface area contributed by atoms with Gasteiger partial charge in [0.2, 0.25) is 5.82 Å². The number of carbonyl (C=O) groups excluding carboxylic acids is 2. The highest BCUT2D eigenvalue weighted by Gasteiger charge is 2.32. The fraction of sp³-hybridized carbons (Fsp3) is 0.182. The summed E-state index contributed by atoms with van der Waals surface area (Å²) >= 11 is 0. The number of hydrogen-bond donors (Lipinski definition) is 3. The van der Waals surface area contributed by atoms with Crippen LogP contribution in [-0.2, 0) is 11.2 Å². The first-order valence-corrected chi connectivity index (χ1v) is 10.2. The molecule has 33 heavy (non-hydrogen) atoms. The Kier molecular flexibility index (Phi) is 5.05. The number of nitrogens with zero attached hydrogens (tertiary/aromatic N) is 4. The summed E-state index contributed by atoms with van der Waals surface area (Å²) in [4.78, 5) is 50.1. The van der Waals surface area contributed by atoms with Crippen molar-refractivity contribution < 1.29 is 14.3 Å². The van der Waals surface area contributed by atoms with Crippen LogP contribution in [0.2, 0.25) is 0 Å². The summed E-state index contributed by atoms with van der Waals surface area (Å²) in [5.74, 6) is -0.156. The Balaban J connectivity index is 1.34. The van der Waals surface area contributed by atoms with Crippen molar-refractivity contribution in [2.24, 2.45) is 0 Å². The molecule has 2 aromatic carbocycles. The van der Waals surface area contributed by atoms with Crippen molar-refractivity contribution in [2.75, 3.05) is 18.6 Å². The third kappa shape index (κ3) is 3.91. The molecule has 0 spiro atoms. The molecule has 166 valence electrons. The number of hydrogen-bond acceptors (Lipinski definition) is 7. The molecule has 0 radical (unpaired) electrons. The molecule has 2 aromatic heterocycles. The lowest BCUT2D eigenvalue weighted by atomic mass is 10.1. The van der Waals surface area contributed by atoms with Crippen LogP contribution in [0.4, 0.5) is 5.69 Å². The highest BCUT2D eigenvalue weighted by Crippen LogP contribution is 2.33. The molecule has 3 heterocycles. The van der Waals surface area contributed by atoms with Crippen molar-refractivity contribution in [3.05, 3.63) is 76.4 Å². The van der Waals surface area contributed by atoms with E-state index in [0.29, 0.717) is 34.6 Å². The third-order valence-corrected chi connectivity index (χ3v) is 5.37. The van der Waals surface area contributed by atoms with Crippen LogP contribution in [0.15, 0.2) is 53.6 Å². The number of ether oxygens (including phenoxy) is 1. The monoisotopic (exact) mass is 445 g/mol. The summed E-state index contributed by atoms with van der Waals surface area (Å²) in [6.07, 6.45) is 1.79. The van der Waals surface area contributed by atoms with E-state index in [1.807, 2.05) is 30.3 Å². The van der Waals surface area contributed by atoms with Crippen LogP contribution in [0, 0.1) is 0 Å². The number of aromatic amines is 2. The van der Waals surface area contributed by atoms with E-state index in [9.17, 15) is 14.4 Å². The molecule has 4 aromatic rings. The molecule has 0 unspecified atom stereocenters. The minimum atomic E-state index is -0.972. The zero-order valence-corrected chi connectivity index (χ0v) is 17.5. The van der Waals surface area contributed by atoms with E-state index in [4.69, 9.17) is 4.74 Å². The molecule has 0 saturated carbocycles. The van der Waals surface area contributed by atoms with E-state index in [0.717, 1.165) is 5.56 Å². The number of fused-ring (bicyclic) bond motifs is 2. The number of nitrogens with one attached hydrogen (secondary N) is 3. The highest BCUT2D eigenvalue weighted by molar-refractivity contribution is 6.03. The summed E-state index contributed by atoms with van der Waals surface area (Å²) in [6.45, 7) is -0.0993. The summed E-state index contributed by atoms with van der Waals surface area (Å²) in [6, 6.07) is 11.8. The molecular weight excluding hydrogens is 426 g/mol. The van der Waals surface area contributed by atoms with Gasteiger partial charge >= 0.3 is 0 Å². The number of amides is 2. The van der Waals surface area contributed by atoms with E-state index in [2.05, 4.69) is 30.5 Å². The van der Waals surface area contributed by atoms with Crippen molar-refractivity contribution in [2.45, 2.75) is 12.5 Å². The minimum Gasteiger partial charge on any atom is -0.489 e. The smallest absolute Gasteiger partial charge is 0.291 e. The molecule has 1 aliphatic heterocycles. The molecule has 3 N–H and O–H groups in total. The van der Waals surface area contributed by atoms with E-state index >= 15 is 0 Å². The number of anilines is 1. The summed E-state index contributed by atoms with van der Waals surface area (Å²) in [5, 5.41) is 9.69. The number of benzene rings is 2. The molecule has 0 saturated heterocycles. The largest absolute Gasteiger partial charge is 0.489 e. The van der Waals surface area contributed by atoms with E-state index in [1.54, 1.807) is 19.2 Å². The van der Waals surface area contributed by atoms with Crippen molar-refractivity contribution in [3.8, 4) is 5.75 Å². The lowest BCUT2D eigenvalue weighted by Crippen LogP contribution is -2.49. The van der Waals surface area contributed by atoms with E-state index < -0.39 is 17.9 Å². The van der Waals surface area contributed by atoms with Crippen LogP contribution in [0.1, 0.15) is 22.0 Å². The highest BCUT2D eigenvalue weighted by atomic mass is 16.5. The van der Waals surface area contributed by atoms with Crippen LogP contribution in [0.5, 0.6) is 5.75 Å². The number of likely N-dealkylation sites (N-methyl/N-ethyl adjacent to an activating group) is 1. The van der Waals surface area contributed by atoms with Gasteiger partial charge in [0.15, 0.2) is 0 Å². The van der Waals surface area contributed by atoms with Crippen LogP contribution < -0.4 is 20.5 Å². The maximum atomic E-state index is 13.0. The number of carbonyl (C=O) groups is 2. The van der Waals surface area contributed by atoms with E-state index in [1.165, 1.54) is 11.2 Å². The van der Waals surface area contributed by atoms with Gasteiger partial charge in [-0.05, 0) is 11.6 Å². The molecule has 1 aliphatic rings. The Hall–Kier alpha value is -4.54. The van der Waals surface area contributed by atoms with Gasteiger partial charge in [0.05, 0.1) is 22.9 Å². The predicted octanol–water partition coefficient (Wildman–Crippen LogP) is 0.786. The first-order chi connectivity index (χ1) is 16.0. The third-order valence-electron chi connectivity index (χ3n) is 5.37. The fourth-order valence-corrected chi connectivity index (χ4v) is 3.65. The number of rotatable bonds is 4. The normalized spacial score (nSPS) is 15.6. The zero-order valence-electron chi connectivity index (χ0n) is 17.5. The molecule has 0 fully saturated rings. The molecular formula is C22H19N7O4. The minimum absolute atomic E-state index is 0.0698. The molecule has 0 aliphatic carbocycles. The predicted molar refractivity (Wildman–Crippen MR) is 118 cm³/mol. The summed E-state index contributed by atoms with van der Waals surface area (Å²) in [7, 11) is 1.55. The Labute approximate surface area is 186 Å². The molecule has 1 atom stereocenters. The lowest BCUT2D eigenvalue weighted by molar-refractivity contribution is -0.120. The molecule has 11 heteroatoms. The van der Waals surface area contributed by atoms with Crippen LogP contribution in [-0.4, -0.2) is 56.7 Å². The quantitative estimate of drug-likeness (QED) is 0.421. The lowest BCUT2D eigenvalue weighted by Gasteiger charge is -2.20. The van der Waals surface area contributed by atoms with Crippen LogP contribution >= 0.6 is 0 Å². The Morgan fingerprint density at radius 2 is 2.06 bits per heavy atom. The first kappa shape index (κ1) is 20.4. The van der Waals surface area contributed by atoms with Gasteiger partial charge < -0.3 is 19.9 Å². The molecule has 0 bridgehead atoms. The van der Waals surface area contributed by atoms with Crippen molar-refractivity contribution in [1.29, 1.82) is 0 Å². The average Bonchev–Trinajstić information content (AvgIpc) is 3.26. The van der Waals surface area contributed by atoms with Gasteiger partial charge in [0.25, 0.3) is 17.4 Å². The average molecular weight is 445 g/mol. The van der Waals surface area contributed by atoms with Crippen LogP contribution in [0.3, 0.4) is 0 Å². The van der Waals surface area contributed by atoms with Gasteiger partial charge in [-0.1, -0.05) is 30.3 Å². The van der Waals surface area contributed by atoms with Crippen LogP contribution in [0.25, 0.3) is 10.9 Å². The Morgan fingerprint density at radius 3 is 2.88 bits per heavy atom. The maximum Gasteiger partial charge on any atom is 0.291 e. The number of aromatic nitrogens is 5. The summed E-state index contributed by atoms with van der Waals surface area (Å²) in [5.41, 5.74) is 1.54. The van der Waals surface area contributed by atoms with Crippen molar-refractivity contribution >= 4 is 28.4 Å². The first-order valence-electron chi connectivity index (χ1n) is 10.2. The second-order valence-corrected chi connectivity index (χ2v) is 7.57. The second kappa shape index (κ2) is 8.19. The second-order valence-electron chi connectivity index (χ2n) is 7.57. The van der Waals surface area contributed by atoms with Crippen molar-refractivity contribution in [1.82, 2.24) is 30.5 Å². The Bertz CT molecular complexity index is 1410.